The molecule has 6 rings (SSSR count). The monoisotopic (exact) mass is 480 g/mol. The maximum atomic E-state index is 13.3. The average Bonchev–Trinajstić information content (AvgIpc) is 2.79. The third-order valence-corrected chi connectivity index (χ3v) is 10.2. The summed E-state index contributed by atoms with van der Waals surface area (Å²) in [5.74, 6) is -6.07. The van der Waals surface area contributed by atoms with Crippen LogP contribution in [0.5, 0.6) is 0 Å². The van der Waals surface area contributed by atoms with E-state index in [0.717, 1.165) is 5.57 Å². The SMILES string of the molecule is CCC(C)C(=O)OC1C(=O)OC2CC3C(C)=CC(O)C(O)C3(C)C3C2C12COC3(O)C(O)C2C. The van der Waals surface area contributed by atoms with Crippen molar-refractivity contribution in [1.29, 1.82) is 0 Å². The van der Waals surface area contributed by atoms with E-state index in [0.29, 0.717) is 12.8 Å². The van der Waals surface area contributed by atoms with Gasteiger partial charge in [-0.05, 0) is 31.6 Å². The standard InChI is InChI=1S/C25H36O9/c1-6-10(2)21(29)34-20-22(30)33-15-8-13-11(3)7-14(26)19(28)23(13,5)17-16(15)24(20)9-32-25(17,31)18(27)12(24)4/h7,10,12-20,26-28,31H,6,8-9H2,1-5H3. The second-order valence-corrected chi connectivity index (χ2v) is 11.5. The van der Waals surface area contributed by atoms with Crippen LogP contribution in [0.15, 0.2) is 11.6 Å². The van der Waals surface area contributed by atoms with Crippen molar-refractivity contribution in [1.82, 2.24) is 0 Å². The van der Waals surface area contributed by atoms with Gasteiger partial charge < -0.3 is 34.6 Å². The van der Waals surface area contributed by atoms with Gasteiger partial charge in [0.1, 0.15) is 12.2 Å². The first-order valence-electron chi connectivity index (χ1n) is 12.3. The number of fused-ring (bicyclic) bond motifs is 3. The molecule has 190 valence electrons. The van der Waals surface area contributed by atoms with Crippen LogP contribution in [0, 0.1) is 40.4 Å². The molecule has 3 heterocycles. The van der Waals surface area contributed by atoms with Gasteiger partial charge in [0.15, 0.2) is 5.79 Å². The summed E-state index contributed by atoms with van der Waals surface area (Å²) in [7, 11) is 0. The highest BCUT2D eigenvalue weighted by Crippen LogP contribution is 2.72. The summed E-state index contributed by atoms with van der Waals surface area (Å²) in [5.41, 5.74) is -1.41. The number of carbonyl (C=O) groups excluding carboxylic acids is 2. The van der Waals surface area contributed by atoms with E-state index in [9.17, 15) is 30.0 Å². The molecule has 2 saturated carbocycles. The Balaban J connectivity index is 1.69. The zero-order valence-corrected chi connectivity index (χ0v) is 20.3. The maximum absolute atomic E-state index is 13.3. The number of rotatable bonds is 3. The number of aliphatic hydroxyl groups is 4. The quantitative estimate of drug-likeness (QED) is 0.336. The van der Waals surface area contributed by atoms with Crippen molar-refractivity contribution in [2.75, 3.05) is 6.61 Å². The van der Waals surface area contributed by atoms with Crippen LogP contribution < -0.4 is 0 Å². The fourth-order valence-corrected chi connectivity index (χ4v) is 8.10. The smallest absolute Gasteiger partial charge is 0.348 e. The van der Waals surface area contributed by atoms with E-state index in [4.69, 9.17) is 14.2 Å². The Kier molecular flexibility index (Phi) is 5.33. The summed E-state index contributed by atoms with van der Waals surface area (Å²) in [6, 6.07) is 0. The lowest BCUT2D eigenvalue weighted by molar-refractivity contribution is -0.449. The fourth-order valence-electron chi connectivity index (χ4n) is 8.10. The van der Waals surface area contributed by atoms with Gasteiger partial charge in [-0.2, -0.15) is 0 Å². The summed E-state index contributed by atoms with van der Waals surface area (Å²) in [6.45, 7) is 8.85. The molecular weight excluding hydrogens is 444 g/mol. The Hall–Kier alpha value is -1.52. The highest BCUT2D eigenvalue weighted by Gasteiger charge is 2.81. The average molecular weight is 481 g/mol. The highest BCUT2D eigenvalue weighted by atomic mass is 16.7. The molecule has 0 radical (unpaired) electrons. The normalized spacial score (nSPS) is 54.3. The summed E-state index contributed by atoms with van der Waals surface area (Å²) in [5, 5.41) is 45.1. The van der Waals surface area contributed by atoms with E-state index in [1.165, 1.54) is 0 Å². The minimum Gasteiger partial charge on any atom is -0.459 e. The van der Waals surface area contributed by atoms with E-state index in [-0.39, 0.29) is 12.5 Å². The molecule has 6 aliphatic rings. The van der Waals surface area contributed by atoms with Crippen molar-refractivity contribution in [3.8, 4) is 0 Å². The van der Waals surface area contributed by atoms with Crippen molar-refractivity contribution in [3.63, 3.8) is 0 Å². The largest absolute Gasteiger partial charge is 0.459 e. The van der Waals surface area contributed by atoms with Crippen LogP contribution in [0.1, 0.15) is 47.5 Å². The zero-order valence-electron chi connectivity index (χ0n) is 20.3. The molecule has 3 aliphatic carbocycles. The third kappa shape index (κ3) is 2.68. The molecule has 9 nitrogen and oxygen atoms in total. The van der Waals surface area contributed by atoms with Gasteiger partial charge in [-0.25, -0.2) is 4.79 Å². The molecule has 4 N–H and O–H groups in total. The van der Waals surface area contributed by atoms with Gasteiger partial charge in [0.25, 0.3) is 0 Å². The molecule has 0 aromatic carbocycles. The van der Waals surface area contributed by atoms with Crippen LogP contribution >= 0.6 is 0 Å². The van der Waals surface area contributed by atoms with Gasteiger partial charge in [-0.15, -0.1) is 0 Å². The molecular formula is C25H36O9. The lowest BCUT2D eigenvalue weighted by atomic mass is 9.37. The number of hydrogen-bond donors (Lipinski definition) is 4. The number of esters is 2. The Morgan fingerprint density at radius 3 is 2.62 bits per heavy atom. The van der Waals surface area contributed by atoms with Gasteiger partial charge in [-0.3, -0.25) is 4.79 Å². The summed E-state index contributed by atoms with van der Waals surface area (Å²) >= 11 is 0. The van der Waals surface area contributed by atoms with Crippen molar-refractivity contribution in [2.45, 2.75) is 83.8 Å². The molecule has 3 aliphatic heterocycles. The van der Waals surface area contributed by atoms with Crippen molar-refractivity contribution in [2.24, 2.45) is 40.4 Å². The molecule has 0 aromatic heterocycles. The molecule has 1 spiro atoms. The lowest BCUT2D eigenvalue weighted by Gasteiger charge is -2.74. The predicted octanol–water partition coefficient (Wildman–Crippen LogP) is 0.526. The van der Waals surface area contributed by atoms with Gasteiger partial charge in [-0.1, -0.05) is 39.3 Å². The third-order valence-electron chi connectivity index (χ3n) is 10.2. The van der Waals surface area contributed by atoms with Gasteiger partial charge in [0.05, 0.1) is 30.1 Å². The van der Waals surface area contributed by atoms with E-state index in [2.05, 4.69) is 0 Å². The molecule has 9 heteroatoms. The van der Waals surface area contributed by atoms with Crippen LogP contribution in [-0.2, 0) is 23.8 Å². The van der Waals surface area contributed by atoms with E-state index in [1.807, 2.05) is 13.8 Å². The first-order chi connectivity index (χ1) is 15.8. The Bertz CT molecular complexity index is 933. The summed E-state index contributed by atoms with van der Waals surface area (Å²) < 4.78 is 17.7. The second-order valence-electron chi connectivity index (χ2n) is 11.5. The second kappa shape index (κ2) is 7.49. The minimum absolute atomic E-state index is 0.0961. The molecule has 13 unspecified atom stereocenters. The van der Waals surface area contributed by atoms with Crippen LogP contribution in [0.4, 0.5) is 0 Å². The van der Waals surface area contributed by atoms with Crippen molar-refractivity contribution in [3.05, 3.63) is 11.6 Å². The lowest BCUT2D eigenvalue weighted by Crippen LogP contribution is -2.84. The van der Waals surface area contributed by atoms with Gasteiger partial charge in [0.2, 0.25) is 6.10 Å². The van der Waals surface area contributed by atoms with Crippen molar-refractivity contribution < 1.29 is 44.2 Å². The Labute approximate surface area is 199 Å². The number of aliphatic hydroxyl groups excluding tert-OH is 3. The maximum Gasteiger partial charge on any atom is 0.348 e. The molecule has 2 bridgehead atoms. The molecule has 3 saturated heterocycles. The van der Waals surface area contributed by atoms with Gasteiger partial charge in [0, 0.05) is 17.3 Å². The number of hydrogen-bond acceptors (Lipinski definition) is 9. The number of ether oxygens (including phenoxy) is 3. The molecule has 34 heavy (non-hydrogen) atoms. The molecule has 0 aromatic rings. The van der Waals surface area contributed by atoms with Gasteiger partial charge >= 0.3 is 11.9 Å². The summed E-state index contributed by atoms with van der Waals surface area (Å²) in [4.78, 5) is 26.1. The Morgan fingerprint density at radius 1 is 1.29 bits per heavy atom. The van der Waals surface area contributed by atoms with E-state index in [1.54, 1.807) is 26.8 Å². The predicted molar refractivity (Wildman–Crippen MR) is 117 cm³/mol. The Morgan fingerprint density at radius 2 is 1.97 bits per heavy atom. The first kappa shape index (κ1) is 24.2. The van der Waals surface area contributed by atoms with Crippen LogP contribution in [0.3, 0.4) is 0 Å². The zero-order chi connectivity index (χ0) is 25.0. The fraction of sp³-hybridized carbons (Fsp3) is 0.840. The number of carbonyl (C=O) groups is 2. The van der Waals surface area contributed by atoms with E-state index >= 15 is 0 Å². The molecule has 5 fully saturated rings. The first-order valence-corrected chi connectivity index (χ1v) is 12.3. The topological polar surface area (TPSA) is 143 Å². The van der Waals surface area contributed by atoms with E-state index < -0.39 is 82.7 Å². The number of allylic oxidation sites excluding steroid dienone is 1. The highest BCUT2D eigenvalue weighted by molar-refractivity contribution is 5.82. The van der Waals surface area contributed by atoms with Crippen LogP contribution in [0.2, 0.25) is 0 Å². The summed E-state index contributed by atoms with van der Waals surface area (Å²) in [6.07, 6.45) is -3.20. The molecule has 13 atom stereocenters. The molecule has 0 amide bonds. The van der Waals surface area contributed by atoms with Crippen LogP contribution in [-0.4, -0.2) is 75.3 Å². The minimum atomic E-state index is -2.02. The van der Waals surface area contributed by atoms with Crippen LogP contribution in [0.25, 0.3) is 0 Å². The van der Waals surface area contributed by atoms with Crippen molar-refractivity contribution >= 4 is 11.9 Å².